The fourth-order valence-corrected chi connectivity index (χ4v) is 3.16. The first kappa shape index (κ1) is 16.0. The summed E-state index contributed by atoms with van der Waals surface area (Å²) >= 11 is 3.29. The number of carboxylic acid groups (broad SMARTS) is 1. The Morgan fingerprint density at radius 3 is 2.38 bits per heavy atom. The molecule has 2 rings (SSSR count). The Hall–Kier alpha value is -1.40. The van der Waals surface area contributed by atoms with Crippen LogP contribution in [0.15, 0.2) is 22.7 Å². The van der Waals surface area contributed by atoms with E-state index in [1.165, 1.54) is 12.1 Å². The standard InChI is InChI=1S/C15H18BrNO4/c1-7-8(2)21-9(3)13(7)14(18)17-12-5-4-10(15(19)20)6-11(12)16/h4-9,13H,1-3H3,(H,17,18)(H,19,20). The van der Waals surface area contributed by atoms with Gasteiger partial charge < -0.3 is 15.2 Å². The van der Waals surface area contributed by atoms with Gasteiger partial charge >= 0.3 is 5.97 Å². The lowest BCUT2D eigenvalue weighted by molar-refractivity contribution is -0.121. The van der Waals surface area contributed by atoms with Crippen LogP contribution >= 0.6 is 15.9 Å². The second-order valence-corrected chi connectivity index (χ2v) is 6.27. The maximum atomic E-state index is 12.4. The molecule has 1 aliphatic rings. The van der Waals surface area contributed by atoms with Crippen LogP contribution in [0.1, 0.15) is 31.1 Å². The molecule has 1 aromatic carbocycles. The molecule has 0 spiro atoms. The van der Waals surface area contributed by atoms with Crippen molar-refractivity contribution in [1.82, 2.24) is 0 Å². The van der Waals surface area contributed by atoms with E-state index in [0.29, 0.717) is 10.2 Å². The second kappa shape index (κ2) is 6.15. The summed E-state index contributed by atoms with van der Waals surface area (Å²) in [5.41, 5.74) is 0.725. The highest BCUT2D eigenvalue weighted by atomic mass is 79.9. The molecule has 1 amide bonds. The molecule has 4 unspecified atom stereocenters. The molecule has 4 atom stereocenters. The van der Waals surface area contributed by atoms with Gasteiger partial charge in [0.1, 0.15) is 0 Å². The molecule has 5 nitrogen and oxygen atoms in total. The summed E-state index contributed by atoms with van der Waals surface area (Å²) in [4.78, 5) is 23.3. The van der Waals surface area contributed by atoms with E-state index in [-0.39, 0.29) is 35.5 Å². The molecule has 1 aromatic rings. The molecule has 0 saturated carbocycles. The van der Waals surface area contributed by atoms with Crippen LogP contribution in [-0.2, 0) is 9.53 Å². The van der Waals surface area contributed by atoms with Gasteiger partial charge in [-0.15, -0.1) is 0 Å². The highest BCUT2D eigenvalue weighted by molar-refractivity contribution is 9.10. The molecule has 21 heavy (non-hydrogen) atoms. The molecule has 0 aliphatic carbocycles. The molecular weight excluding hydrogens is 338 g/mol. The van der Waals surface area contributed by atoms with Crippen molar-refractivity contribution in [3.8, 4) is 0 Å². The Kier molecular flexibility index (Phi) is 4.68. The van der Waals surface area contributed by atoms with E-state index < -0.39 is 5.97 Å². The third kappa shape index (κ3) is 3.27. The van der Waals surface area contributed by atoms with Crippen LogP contribution in [0, 0.1) is 11.8 Å². The van der Waals surface area contributed by atoms with Crippen molar-refractivity contribution < 1.29 is 19.4 Å². The van der Waals surface area contributed by atoms with E-state index in [4.69, 9.17) is 9.84 Å². The van der Waals surface area contributed by atoms with Crippen molar-refractivity contribution in [1.29, 1.82) is 0 Å². The van der Waals surface area contributed by atoms with Crippen LogP contribution in [0.5, 0.6) is 0 Å². The number of rotatable bonds is 3. The smallest absolute Gasteiger partial charge is 0.335 e. The average molecular weight is 356 g/mol. The summed E-state index contributed by atoms with van der Waals surface area (Å²) < 4.78 is 6.22. The van der Waals surface area contributed by atoms with Crippen LogP contribution in [0.2, 0.25) is 0 Å². The molecule has 0 aromatic heterocycles. The highest BCUT2D eigenvalue weighted by Crippen LogP contribution is 2.34. The van der Waals surface area contributed by atoms with Gasteiger partial charge in [0.05, 0.1) is 29.4 Å². The lowest BCUT2D eigenvalue weighted by Gasteiger charge is -2.18. The van der Waals surface area contributed by atoms with Gasteiger partial charge in [-0.2, -0.15) is 0 Å². The van der Waals surface area contributed by atoms with Crippen LogP contribution in [0.4, 0.5) is 5.69 Å². The minimum atomic E-state index is -1.01. The summed E-state index contributed by atoms with van der Waals surface area (Å²) in [6.07, 6.45) is -0.0827. The quantitative estimate of drug-likeness (QED) is 0.873. The second-order valence-electron chi connectivity index (χ2n) is 5.42. The van der Waals surface area contributed by atoms with Gasteiger partial charge in [-0.1, -0.05) is 6.92 Å². The lowest BCUT2D eigenvalue weighted by Crippen LogP contribution is -2.32. The zero-order chi connectivity index (χ0) is 15.7. The Morgan fingerprint density at radius 2 is 1.90 bits per heavy atom. The minimum Gasteiger partial charge on any atom is -0.478 e. The Morgan fingerprint density at radius 1 is 1.24 bits per heavy atom. The fourth-order valence-electron chi connectivity index (χ4n) is 2.68. The van der Waals surface area contributed by atoms with E-state index >= 15 is 0 Å². The normalized spacial score (nSPS) is 28.4. The SMILES string of the molecule is CC1OC(C)C(C(=O)Nc2ccc(C(=O)O)cc2Br)C1C. The first-order valence-corrected chi connectivity index (χ1v) is 7.59. The summed E-state index contributed by atoms with van der Waals surface area (Å²) in [5.74, 6) is -1.19. The Balaban J connectivity index is 2.15. The van der Waals surface area contributed by atoms with Gasteiger partial charge in [0.25, 0.3) is 0 Å². The van der Waals surface area contributed by atoms with Gasteiger partial charge in [0, 0.05) is 4.47 Å². The number of anilines is 1. The first-order valence-electron chi connectivity index (χ1n) is 6.80. The zero-order valence-corrected chi connectivity index (χ0v) is 13.7. The summed E-state index contributed by atoms with van der Waals surface area (Å²) in [6.45, 7) is 5.86. The van der Waals surface area contributed by atoms with Gasteiger partial charge in [-0.05, 0) is 53.9 Å². The lowest BCUT2D eigenvalue weighted by atomic mass is 9.89. The molecule has 1 saturated heterocycles. The number of amides is 1. The third-order valence-electron chi connectivity index (χ3n) is 4.02. The van der Waals surface area contributed by atoms with Crippen LogP contribution < -0.4 is 5.32 Å². The summed E-state index contributed by atoms with van der Waals surface area (Å²) in [5, 5.41) is 11.8. The van der Waals surface area contributed by atoms with Crippen molar-refractivity contribution in [3.63, 3.8) is 0 Å². The van der Waals surface area contributed by atoms with Gasteiger partial charge in [0.2, 0.25) is 5.91 Å². The number of benzene rings is 1. The average Bonchev–Trinajstić information content (AvgIpc) is 2.65. The van der Waals surface area contributed by atoms with Crippen molar-refractivity contribution in [2.75, 3.05) is 5.32 Å². The van der Waals surface area contributed by atoms with Crippen molar-refractivity contribution in [2.45, 2.75) is 33.0 Å². The van der Waals surface area contributed by atoms with E-state index in [1.54, 1.807) is 6.07 Å². The Bertz CT molecular complexity index is 575. The maximum absolute atomic E-state index is 12.4. The number of carbonyl (C=O) groups is 2. The van der Waals surface area contributed by atoms with Gasteiger partial charge in [-0.25, -0.2) is 4.79 Å². The molecule has 114 valence electrons. The van der Waals surface area contributed by atoms with Crippen LogP contribution in [-0.4, -0.2) is 29.2 Å². The topological polar surface area (TPSA) is 75.6 Å². The predicted octanol–water partition coefficient (Wildman–Crippen LogP) is 3.15. The van der Waals surface area contributed by atoms with Gasteiger partial charge in [0.15, 0.2) is 0 Å². The fraction of sp³-hybridized carbons (Fsp3) is 0.467. The molecule has 0 bridgehead atoms. The van der Waals surface area contributed by atoms with Crippen LogP contribution in [0.3, 0.4) is 0 Å². The number of carbonyl (C=O) groups excluding carboxylic acids is 1. The number of halogens is 1. The molecule has 1 aliphatic heterocycles. The molecule has 1 heterocycles. The molecule has 0 radical (unpaired) electrons. The number of aromatic carboxylic acids is 1. The highest BCUT2D eigenvalue weighted by Gasteiger charge is 2.41. The summed E-state index contributed by atoms with van der Waals surface area (Å²) in [6, 6.07) is 4.52. The number of hydrogen-bond acceptors (Lipinski definition) is 3. The molecule has 2 N–H and O–H groups in total. The summed E-state index contributed by atoms with van der Waals surface area (Å²) in [7, 11) is 0. The monoisotopic (exact) mass is 355 g/mol. The van der Waals surface area contributed by atoms with E-state index in [1.807, 2.05) is 20.8 Å². The van der Waals surface area contributed by atoms with Crippen molar-refractivity contribution in [2.24, 2.45) is 11.8 Å². The number of carboxylic acids is 1. The zero-order valence-electron chi connectivity index (χ0n) is 12.1. The van der Waals surface area contributed by atoms with E-state index in [0.717, 1.165) is 0 Å². The third-order valence-corrected chi connectivity index (χ3v) is 4.67. The van der Waals surface area contributed by atoms with Gasteiger partial charge in [-0.3, -0.25) is 4.79 Å². The molecular formula is C15H18BrNO4. The molecule has 1 fully saturated rings. The predicted molar refractivity (Wildman–Crippen MR) is 82.4 cm³/mol. The van der Waals surface area contributed by atoms with E-state index in [9.17, 15) is 9.59 Å². The molecule has 6 heteroatoms. The maximum Gasteiger partial charge on any atom is 0.335 e. The van der Waals surface area contributed by atoms with Crippen molar-refractivity contribution >= 4 is 33.5 Å². The first-order chi connectivity index (χ1) is 9.81. The van der Waals surface area contributed by atoms with E-state index in [2.05, 4.69) is 21.2 Å². The number of nitrogens with one attached hydrogen (secondary N) is 1. The minimum absolute atomic E-state index is 0.0496. The largest absolute Gasteiger partial charge is 0.478 e. The van der Waals surface area contributed by atoms with Crippen LogP contribution in [0.25, 0.3) is 0 Å². The number of ether oxygens (including phenoxy) is 1. The van der Waals surface area contributed by atoms with Crippen molar-refractivity contribution in [3.05, 3.63) is 28.2 Å². The Labute approximate surface area is 131 Å². The number of hydrogen-bond donors (Lipinski definition) is 2.